The van der Waals surface area contributed by atoms with Crippen molar-refractivity contribution in [3.8, 4) is 0 Å². The van der Waals surface area contributed by atoms with Crippen molar-refractivity contribution in [3.63, 3.8) is 0 Å². The summed E-state index contributed by atoms with van der Waals surface area (Å²) in [6.07, 6.45) is 0.600. The van der Waals surface area contributed by atoms with Crippen LogP contribution in [0.3, 0.4) is 0 Å². The molecule has 0 atom stereocenters. The van der Waals surface area contributed by atoms with Crippen LogP contribution in [0.5, 0.6) is 0 Å². The molecule has 21 heavy (non-hydrogen) atoms. The van der Waals surface area contributed by atoms with E-state index in [1.54, 1.807) is 6.07 Å². The lowest BCUT2D eigenvalue weighted by Crippen LogP contribution is -2.11. The molecule has 0 unspecified atom stereocenters. The van der Waals surface area contributed by atoms with Gasteiger partial charge >= 0.3 is 5.97 Å². The van der Waals surface area contributed by atoms with Gasteiger partial charge in [0.1, 0.15) is 5.69 Å². The number of carboxylic acid groups (broad SMARTS) is 1. The maximum atomic E-state index is 11.2. The fourth-order valence-corrected chi connectivity index (χ4v) is 2.94. The van der Waals surface area contributed by atoms with E-state index in [0.29, 0.717) is 17.3 Å². The zero-order valence-electron chi connectivity index (χ0n) is 10.7. The van der Waals surface area contributed by atoms with Crippen LogP contribution in [0, 0.1) is 10.1 Å². The molecule has 0 amide bonds. The molecule has 0 fully saturated rings. The molecule has 6 nitrogen and oxygen atoms in total. The summed E-state index contributed by atoms with van der Waals surface area (Å²) in [4.78, 5) is 22.6. The van der Waals surface area contributed by atoms with E-state index in [-0.39, 0.29) is 16.9 Å². The van der Waals surface area contributed by atoms with E-state index in [0.717, 1.165) is 4.88 Å². The van der Waals surface area contributed by atoms with E-state index in [1.807, 2.05) is 6.07 Å². The lowest BCUT2D eigenvalue weighted by Gasteiger charge is -2.09. The number of carbonyl (C=O) groups is 1. The molecule has 0 aliphatic carbocycles. The van der Waals surface area contributed by atoms with Gasteiger partial charge in [0.25, 0.3) is 5.69 Å². The molecule has 1 aromatic carbocycles. The number of carboxylic acids is 1. The van der Waals surface area contributed by atoms with E-state index < -0.39 is 10.9 Å². The van der Waals surface area contributed by atoms with Crippen molar-refractivity contribution in [1.29, 1.82) is 0 Å². The van der Waals surface area contributed by atoms with E-state index in [4.69, 9.17) is 16.7 Å². The first-order chi connectivity index (χ1) is 9.99. The summed E-state index contributed by atoms with van der Waals surface area (Å²) in [5, 5.41) is 22.9. The number of hydrogen-bond donors (Lipinski definition) is 2. The number of thiophene rings is 1. The van der Waals surface area contributed by atoms with Gasteiger partial charge in [0, 0.05) is 17.5 Å². The molecule has 1 heterocycles. The monoisotopic (exact) mass is 326 g/mol. The predicted octanol–water partition coefficient (Wildman–Crippen LogP) is 3.66. The Labute approximate surface area is 129 Å². The van der Waals surface area contributed by atoms with Crippen LogP contribution in [0.15, 0.2) is 30.3 Å². The normalized spacial score (nSPS) is 10.3. The number of hydrogen-bond acceptors (Lipinski definition) is 5. The van der Waals surface area contributed by atoms with Gasteiger partial charge in [-0.1, -0.05) is 17.7 Å². The number of para-hydroxylation sites is 1. The van der Waals surface area contributed by atoms with Crippen molar-refractivity contribution >= 4 is 40.3 Å². The number of nitro benzene ring substituents is 1. The number of nitrogens with one attached hydrogen (secondary N) is 1. The minimum atomic E-state index is -1.21. The minimum absolute atomic E-state index is 0.0256. The molecule has 2 rings (SSSR count). The van der Waals surface area contributed by atoms with Crippen molar-refractivity contribution in [3.05, 3.63) is 55.2 Å². The lowest BCUT2D eigenvalue weighted by atomic mass is 10.1. The van der Waals surface area contributed by atoms with Gasteiger partial charge in [0.05, 0.1) is 14.8 Å². The van der Waals surface area contributed by atoms with E-state index in [1.165, 1.54) is 29.5 Å². The molecule has 0 saturated carbocycles. The van der Waals surface area contributed by atoms with Crippen LogP contribution in [0.25, 0.3) is 0 Å². The van der Waals surface area contributed by atoms with Gasteiger partial charge in [-0.25, -0.2) is 4.79 Å². The Bertz CT molecular complexity index is 654. The largest absolute Gasteiger partial charge is 0.478 e. The molecule has 2 N–H and O–H groups in total. The average molecular weight is 327 g/mol. The Morgan fingerprint density at radius 3 is 2.71 bits per heavy atom. The molecule has 0 radical (unpaired) electrons. The summed E-state index contributed by atoms with van der Waals surface area (Å²) >= 11 is 7.24. The quantitative estimate of drug-likeness (QED) is 0.624. The average Bonchev–Trinajstić information content (AvgIpc) is 2.84. The Morgan fingerprint density at radius 2 is 2.14 bits per heavy atom. The van der Waals surface area contributed by atoms with Crippen LogP contribution in [0.1, 0.15) is 15.2 Å². The highest BCUT2D eigenvalue weighted by Gasteiger charge is 2.20. The third kappa shape index (κ3) is 3.71. The van der Waals surface area contributed by atoms with E-state index in [9.17, 15) is 14.9 Å². The van der Waals surface area contributed by atoms with Gasteiger partial charge in [-0.2, -0.15) is 0 Å². The fraction of sp³-hybridized carbons (Fsp3) is 0.154. The number of aromatic carboxylic acids is 1. The van der Waals surface area contributed by atoms with Crippen molar-refractivity contribution in [2.45, 2.75) is 6.42 Å². The molecule has 0 bridgehead atoms. The summed E-state index contributed by atoms with van der Waals surface area (Å²) in [6.45, 7) is 0.377. The standard InChI is InChI=1S/C13H11ClN2O4S/c14-11-5-4-8(21-11)6-7-15-12-9(13(17)18)2-1-3-10(12)16(19)20/h1-5,15H,6-7H2,(H,17,18). The van der Waals surface area contributed by atoms with Crippen molar-refractivity contribution < 1.29 is 14.8 Å². The summed E-state index contributed by atoms with van der Waals surface area (Å²) in [6, 6.07) is 7.60. The van der Waals surface area contributed by atoms with Gasteiger partial charge in [-0.05, 0) is 24.6 Å². The zero-order chi connectivity index (χ0) is 15.4. The maximum absolute atomic E-state index is 11.2. The summed E-state index contributed by atoms with van der Waals surface area (Å²) in [5.74, 6) is -1.21. The maximum Gasteiger partial charge on any atom is 0.338 e. The molecule has 2 aromatic rings. The summed E-state index contributed by atoms with van der Waals surface area (Å²) < 4.78 is 0.668. The molecular weight excluding hydrogens is 316 g/mol. The Hall–Kier alpha value is -2.12. The highest BCUT2D eigenvalue weighted by Crippen LogP contribution is 2.28. The Morgan fingerprint density at radius 1 is 1.38 bits per heavy atom. The first-order valence-electron chi connectivity index (χ1n) is 5.98. The van der Waals surface area contributed by atoms with Gasteiger partial charge < -0.3 is 10.4 Å². The van der Waals surface area contributed by atoms with Crippen molar-refractivity contribution in [2.24, 2.45) is 0 Å². The van der Waals surface area contributed by atoms with Gasteiger partial charge in [-0.3, -0.25) is 10.1 Å². The minimum Gasteiger partial charge on any atom is -0.478 e. The highest BCUT2D eigenvalue weighted by atomic mass is 35.5. The van der Waals surface area contributed by atoms with Crippen LogP contribution in [0.4, 0.5) is 11.4 Å². The molecule has 0 saturated heterocycles. The number of nitrogens with zero attached hydrogens (tertiary/aromatic N) is 1. The number of halogens is 1. The SMILES string of the molecule is O=C(O)c1cccc([N+](=O)[O-])c1NCCc1ccc(Cl)s1. The van der Waals surface area contributed by atoms with Crippen LogP contribution in [-0.4, -0.2) is 22.5 Å². The zero-order valence-corrected chi connectivity index (χ0v) is 12.3. The van der Waals surface area contributed by atoms with Crippen LogP contribution < -0.4 is 5.32 Å². The van der Waals surface area contributed by atoms with Gasteiger partial charge in [0.15, 0.2) is 0 Å². The first kappa shape index (κ1) is 15.3. The van der Waals surface area contributed by atoms with E-state index in [2.05, 4.69) is 5.32 Å². The molecule has 0 spiro atoms. The number of benzene rings is 1. The fourth-order valence-electron chi connectivity index (χ4n) is 1.85. The second-order valence-corrected chi connectivity index (χ2v) is 5.94. The van der Waals surface area contributed by atoms with Crippen LogP contribution in [-0.2, 0) is 6.42 Å². The van der Waals surface area contributed by atoms with Gasteiger partial charge in [0.2, 0.25) is 0 Å². The van der Waals surface area contributed by atoms with Crippen molar-refractivity contribution in [2.75, 3.05) is 11.9 Å². The number of rotatable bonds is 6. The van der Waals surface area contributed by atoms with Crippen molar-refractivity contribution in [1.82, 2.24) is 0 Å². The highest BCUT2D eigenvalue weighted by molar-refractivity contribution is 7.16. The number of anilines is 1. The second-order valence-electron chi connectivity index (χ2n) is 4.14. The molecule has 0 aliphatic heterocycles. The van der Waals surface area contributed by atoms with E-state index >= 15 is 0 Å². The third-order valence-corrected chi connectivity index (χ3v) is 4.06. The summed E-state index contributed by atoms with van der Waals surface area (Å²) in [5.41, 5.74) is -0.342. The molecule has 110 valence electrons. The number of nitro groups is 1. The molecular formula is C13H11ClN2O4S. The topological polar surface area (TPSA) is 92.5 Å². The first-order valence-corrected chi connectivity index (χ1v) is 7.17. The second kappa shape index (κ2) is 6.55. The molecule has 8 heteroatoms. The molecule has 1 aromatic heterocycles. The van der Waals surface area contributed by atoms with Crippen LogP contribution in [0.2, 0.25) is 4.34 Å². The lowest BCUT2D eigenvalue weighted by molar-refractivity contribution is -0.384. The van der Waals surface area contributed by atoms with Gasteiger partial charge in [-0.15, -0.1) is 11.3 Å². The predicted molar refractivity (Wildman–Crippen MR) is 81.6 cm³/mol. The summed E-state index contributed by atoms with van der Waals surface area (Å²) in [7, 11) is 0. The smallest absolute Gasteiger partial charge is 0.338 e. The Kier molecular flexibility index (Phi) is 4.77. The molecule has 0 aliphatic rings. The third-order valence-electron chi connectivity index (χ3n) is 2.77. The Balaban J connectivity index is 2.17. The van der Waals surface area contributed by atoms with Crippen LogP contribution >= 0.6 is 22.9 Å².